The first-order valence-corrected chi connectivity index (χ1v) is 8.84. The molecule has 0 aromatic heterocycles. The van der Waals surface area contributed by atoms with E-state index in [-0.39, 0.29) is 17.0 Å². The van der Waals surface area contributed by atoms with Crippen LogP contribution in [-0.2, 0) is 12.8 Å². The molecule has 1 aliphatic carbocycles. The zero-order valence-corrected chi connectivity index (χ0v) is 15.7. The lowest BCUT2D eigenvalue weighted by molar-refractivity contribution is 0.421. The van der Waals surface area contributed by atoms with Crippen LogP contribution in [0.4, 0.5) is 0 Å². The molecule has 1 aromatic rings. The molecule has 1 unspecified atom stereocenters. The van der Waals surface area contributed by atoms with E-state index in [4.69, 9.17) is 0 Å². The quantitative estimate of drug-likeness (QED) is 0.588. The first kappa shape index (κ1) is 19.5. The number of phenols is 1. The number of aromatic hydroxyl groups is 1. The number of fused-ring (bicyclic) bond motifs is 1. The Bertz CT molecular complexity index is 422. The summed E-state index contributed by atoms with van der Waals surface area (Å²) in [5, 5.41) is 13.6. The van der Waals surface area contributed by atoms with Crippen molar-refractivity contribution < 1.29 is 5.11 Å². The van der Waals surface area contributed by atoms with Gasteiger partial charge in [0.2, 0.25) is 0 Å². The fourth-order valence-electron chi connectivity index (χ4n) is 3.33. The van der Waals surface area contributed by atoms with E-state index in [0.29, 0.717) is 11.8 Å². The van der Waals surface area contributed by atoms with Crippen molar-refractivity contribution in [3.63, 3.8) is 0 Å². The smallest absolute Gasteiger partial charge is 0.119 e. The monoisotopic (exact) mass is 369 g/mol. The zero-order chi connectivity index (χ0) is 14.9. The van der Waals surface area contributed by atoms with Gasteiger partial charge in [-0.1, -0.05) is 57.6 Å². The molecular formula is C19H32BrNO. The average Bonchev–Trinajstić information content (AvgIpc) is 2.51. The number of phenolic OH excluding ortho intramolecular Hbond substituents is 1. The van der Waals surface area contributed by atoms with Gasteiger partial charge in [0.15, 0.2) is 0 Å². The van der Waals surface area contributed by atoms with Crippen molar-refractivity contribution in [2.45, 2.75) is 77.2 Å². The van der Waals surface area contributed by atoms with Gasteiger partial charge in [0, 0.05) is 6.04 Å². The predicted octanol–water partition coefficient (Wildman–Crippen LogP) is 5.17. The topological polar surface area (TPSA) is 32.3 Å². The molecule has 0 saturated carbocycles. The zero-order valence-electron chi connectivity index (χ0n) is 13.9. The Hall–Kier alpha value is -0.540. The van der Waals surface area contributed by atoms with Gasteiger partial charge in [-0.05, 0) is 49.4 Å². The Kier molecular flexibility index (Phi) is 9.81. The van der Waals surface area contributed by atoms with Gasteiger partial charge in [0.05, 0.1) is 0 Å². The number of nitrogens with one attached hydrogen (secondary N) is 1. The molecule has 126 valence electrons. The van der Waals surface area contributed by atoms with Crippen LogP contribution in [0.2, 0.25) is 0 Å². The summed E-state index contributed by atoms with van der Waals surface area (Å²) in [5.74, 6) is 0.481. The number of aryl methyl sites for hydroxylation is 1. The van der Waals surface area contributed by atoms with Crippen LogP contribution in [0.15, 0.2) is 18.2 Å². The molecule has 22 heavy (non-hydrogen) atoms. The van der Waals surface area contributed by atoms with E-state index in [0.717, 1.165) is 19.4 Å². The third kappa shape index (κ3) is 6.29. The van der Waals surface area contributed by atoms with E-state index < -0.39 is 0 Å². The molecule has 0 saturated heterocycles. The SMILES string of the molecule is Br.CCCCCCCCCNC1CCc2cccc(O)c2C1. The second-order valence-electron chi connectivity index (χ2n) is 6.43. The summed E-state index contributed by atoms with van der Waals surface area (Å²) in [4.78, 5) is 0. The van der Waals surface area contributed by atoms with Crippen LogP contribution in [0, 0.1) is 0 Å². The Balaban J connectivity index is 0.00000242. The summed E-state index contributed by atoms with van der Waals surface area (Å²) in [5.41, 5.74) is 2.50. The lowest BCUT2D eigenvalue weighted by atomic mass is 9.87. The Labute approximate surface area is 146 Å². The van der Waals surface area contributed by atoms with Gasteiger partial charge in [-0.2, -0.15) is 0 Å². The summed E-state index contributed by atoms with van der Waals surface area (Å²) in [6.07, 6.45) is 12.8. The largest absolute Gasteiger partial charge is 0.508 e. The Morgan fingerprint density at radius 3 is 2.59 bits per heavy atom. The minimum atomic E-state index is 0. The third-order valence-corrected chi connectivity index (χ3v) is 4.67. The number of rotatable bonds is 9. The van der Waals surface area contributed by atoms with Crippen LogP contribution in [0.25, 0.3) is 0 Å². The van der Waals surface area contributed by atoms with Gasteiger partial charge in [0.1, 0.15) is 5.75 Å². The van der Waals surface area contributed by atoms with E-state index in [1.54, 1.807) is 0 Å². The maximum Gasteiger partial charge on any atom is 0.119 e. The van der Waals surface area contributed by atoms with Crippen LogP contribution < -0.4 is 5.32 Å². The molecule has 0 radical (unpaired) electrons. The molecular weight excluding hydrogens is 338 g/mol. The van der Waals surface area contributed by atoms with Crippen molar-refractivity contribution in [3.05, 3.63) is 29.3 Å². The summed E-state index contributed by atoms with van der Waals surface area (Å²) in [6, 6.07) is 6.48. The van der Waals surface area contributed by atoms with Gasteiger partial charge >= 0.3 is 0 Å². The first-order chi connectivity index (χ1) is 10.3. The van der Waals surface area contributed by atoms with E-state index in [1.165, 1.54) is 62.5 Å². The lowest BCUT2D eigenvalue weighted by Crippen LogP contribution is -2.35. The number of halogens is 1. The highest BCUT2D eigenvalue weighted by Crippen LogP contribution is 2.28. The predicted molar refractivity (Wildman–Crippen MR) is 100 cm³/mol. The second kappa shape index (κ2) is 11.1. The van der Waals surface area contributed by atoms with Gasteiger partial charge in [-0.25, -0.2) is 0 Å². The summed E-state index contributed by atoms with van der Waals surface area (Å²) < 4.78 is 0. The van der Waals surface area contributed by atoms with Gasteiger partial charge in [-0.3, -0.25) is 0 Å². The van der Waals surface area contributed by atoms with Crippen molar-refractivity contribution in [2.24, 2.45) is 0 Å². The van der Waals surface area contributed by atoms with E-state index in [2.05, 4.69) is 18.3 Å². The number of unbranched alkanes of at least 4 members (excludes halogenated alkanes) is 6. The number of benzene rings is 1. The third-order valence-electron chi connectivity index (χ3n) is 4.67. The minimum Gasteiger partial charge on any atom is -0.508 e. The fraction of sp³-hybridized carbons (Fsp3) is 0.684. The van der Waals surface area contributed by atoms with Gasteiger partial charge in [-0.15, -0.1) is 17.0 Å². The minimum absolute atomic E-state index is 0. The highest BCUT2D eigenvalue weighted by Gasteiger charge is 2.20. The molecule has 0 bridgehead atoms. The molecule has 0 aliphatic heterocycles. The fourth-order valence-corrected chi connectivity index (χ4v) is 3.33. The van der Waals surface area contributed by atoms with Crippen LogP contribution in [-0.4, -0.2) is 17.7 Å². The standard InChI is InChI=1S/C19H31NO.BrH/c1-2-3-4-5-6-7-8-14-20-17-13-12-16-10-9-11-19(21)18(16)15-17;/h9-11,17,20-21H,2-8,12-15H2,1H3;1H. The molecule has 0 amide bonds. The summed E-state index contributed by atoms with van der Waals surface area (Å²) >= 11 is 0. The molecule has 1 aromatic carbocycles. The second-order valence-corrected chi connectivity index (χ2v) is 6.43. The normalized spacial score (nSPS) is 16.9. The maximum absolute atomic E-state index is 9.96. The highest BCUT2D eigenvalue weighted by molar-refractivity contribution is 8.93. The highest BCUT2D eigenvalue weighted by atomic mass is 79.9. The van der Waals surface area contributed by atoms with Gasteiger partial charge in [0.25, 0.3) is 0 Å². The van der Waals surface area contributed by atoms with Crippen molar-refractivity contribution >= 4 is 17.0 Å². The molecule has 1 aliphatic rings. The van der Waals surface area contributed by atoms with E-state index in [9.17, 15) is 5.11 Å². The molecule has 1 atom stereocenters. The number of hydrogen-bond acceptors (Lipinski definition) is 2. The van der Waals surface area contributed by atoms with Crippen LogP contribution in [0.1, 0.15) is 69.4 Å². The molecule has 0 fully saturated rings. The van der Waals surface area contributed by atoms with Crippen LogP contribution in [0.3, 0.4) is 0 Å². The molecule has 2 rings (SSSR count). The van der Waals surface area contributed by atoms with Crippen LogP contribution >= 0.6 is 17.0 Å². The van der Waals surface area contributed by atoms with E-state index >= 15 is 0 Å². The van der Waals surface area contributed by atoms with Crippen molar-refractivity contribution in [1.29, 1.82) is 0 Å². The maximum atomic E-state index is 9.96. The summed E-state index contributed by atoms with van der Waals surface area (Å²) in [6.45, 7) is 3.39. The molecule has 2 N–H and O–H groups in total. The van der Waals surface area contributed by atoms with E-state index in [1.807, 2.05) is 12.1 Å². The molecule has 2 nitrogen and oxygen atoms in total. The van der Waals surface area contributed by atoms with Crippen molar-refractivity contribution in [3.8, 4) is 5.75 Å². The van der Waals surface area contributed by atoms with Gasteiger partial charge < -0.3 is 10.4 Å². The Morgan fingerprint density at radius 2 is 1.82 bits per heavy atom. The first-order valence-electron chi connectivity index (χ1n) is 8.84. The van der Waals surface area contributed by atoms with Crippen molar-refractivity contribution in [1.82, 2.24) is 5.32 Å². The number of hydrogen-bond donors (Lipinski definition) is 2. The molecule has 0 spiro atoms. The van der Waals surface area contributed by atoms with Crippen LogP contribution in [0.5, 0.6) is 5.75 Å². The average molecular weight is 370 g/mol. The Morgan fingerprint density at radius 1 is 1.09 bits per heavy atom. The molecule has 3 heteroatoms. The summed E-state index contributed by atoms with van der Waals surface area (Å²) in [7, 11) is 0. The molecule has 0 heterocycles. The van der Waals surface area contributed by atoms with Crippen molar-refractivity contribution in [2.75, 3.05) is 6.54 Å². The lowest BCUT2D eigenvalue weighted by Gasteiger charge is -2.26.